The van der Waals surface area contributed by atoms with Gasteiger partial charge in [-0.1, -0.05) is 158 Å². The molecular weight excluding hydrogens is 649 g/mol. The Morgan fingerprint density at radius 3 is 1.52 bits per heavy atom. The van der Waals surface area contributed by atoms with Crippen LogP contribution in [-0.2, 0) is 0 Å². The van der Waals surface area contributed by atoms with Crippen LogP contribution >= 0.6 is 11.3 Å². The SMILES string of the molecule is C1=CC2c3c(cccc3-c3c4ccccc4c(-c4ccsc4)c4ccccc34)OC2C(c2c3ccccc3c(-c3ccccc3)c3ccccc23)=C1. The lowest BCUT2D eigenvalue weighted by Gasteiger charge is -2.27. The topological polar surface area (TPSA) is 9.23 Å². The summed E-state index contributed by atoms with van der Waals surface area (Å²) in [6.07, 6.45) is 6.76. The Kier molecular flexibility index (Phi) is 6.62. The van der Waals surface area contributed by atoms with Gasteiger partial charge in [-0.25, -0.2) is 0 Å². The molecule has 0 amide bonds. The first-order valence-corrected chi connectivity index (χ1v) is 18.9. The monoisotopic (exact) mass is 680 g/mol. The third kappa shape index (κ3) is 4.28. The second-order valence-electron chi connectivity index (χ2n) is 13.8. The fraction of sp³-hybridized carbons (Fsp3) is 0.0400. The molecule has 2 atom stereocenters. The van der Waals surface area contributed by atoms with Crippen molar-refractivity contribution in [1.29, 1.82) is 0 Å². The van der Waals surface area contributed by atoms with Gasteiger partial charge < -0.3 is 4.74 Å². The van der Waals surface area contributed by atoms with Crippen LogP contribution in [0.2, 0.25) is 0 Å². The number of fused-ring (bicyclic) bond motifs is 7. The lowest BCUT2D eigenvalue weighted by molar-refractivity contribution is 0.278. The van der Waals surface area contributed by atoms with Crippen LogP contribution in [0.5, 0.6) is 5.75 Å². The molecule has 0 fully saturated rings. The van der Waals surface area contributed by atoms with Gasteiger partial charge in [0.25, 0.3) is 0 Å². The van der Waals surface area contributed by atoms with Crippen molar-refractivity contribution in [1.82, 2.24) is 0 Å². The van der Waals surface area contributed by atoms with E-state index in [0.29, 0.717) is 0 Å². The van der Waals surface area contributed by atoms with Crippen LogP contribution in [0.25, 0.3) is 82.0 Å². The third-order valence-electron chi connectivity index (χ3n) is 11.2. The molecule has 52 heavy (non-hydrogen) atoms. The van der Waals surface area contributed by atoms with Gasteiger partial charge in [-0.15, -0.1) is 0 Å². The summed E-state index contributed by atoms with van der Waals surface area (Å²) in [7, 11) is 0. The zero-order valence-electron chi connectivity index (χ0n) is 28.3. The minimum absolute atomic E-state index is 0.0617. The van der Waals surface area contributed by atoms with Gasteiger partial charge in [-0.3, -0.25) is 0 Å². The average molecular weight is 681 g/mol. The lowest BCUT2D eigenvalue weighted by atomic mass is 9.77. The minimum atomic E-state index is -0.154. The standard InChI is InChI=1S/C50H32OS/c1-2-14-31(15-3-1)45-33-16-4-10-22-39(33)48(40-23-11-5-17-34(40)45)42-25-12-26-43-49-41(24-13-27-44(49)51-50(42)43)47-37-20-8-6-18-35(37)46(32-28-29-52-30-32)36-19-7-9-21-38(36)47/h1-30,43,50H. The molecule has 1 aliphatic heterocycles. The molecule has 0 spiro atoms. The van der Waals surface area contributed by atoms with Gasteiger partial charge in [0, 0.05) is 17.1 Å². The van der Waals surface area contributed by atoms with E-state index < -0.39 is 0 Å². The van der Waals surface area contributed by atoms with Gasteiger partial charge in [0.15, 0.2) is 0 Å². The molecule has 2 heterocycles. The summed E-state index contributed by atoms with van der Waals surface area (Å²) in [4.78, 5) is 0. The first-order valence-electron chi connectivity index (χ1n) is 18.0. The number of rotatable bonds is 4. The van der Waals surface area contributed by atoms with Crippen LogP contribution in [0.4, 0.5) is 0 Å². The first kappa shape index (κ1) is 29.5. The van der Waals surface area contributed by atoms with E-state index in [0.717, 1.165) is 5.75 Å². The summed E-state index contributed by atoms with van der Waals surface area (Å²) in [6.45, 7) is 0. The molecule has 9 aromatic rings. The molecule has 11 rings (SSSR count). The fourth-order valence-corrected chi connectivity index (χ4v) is 9.76. The Morgan fingerprint density at radius 2 is 0.962 bits per heavy atom. The molecule has 2 heteroatoms. The van der Waals surface area contributed by atoms with Crippen molar-refractivity contribution in [2.45, 2.75) is 12.0 Å². The molecule has 0 saturated carbocycles. The van der Waals surface area contributed by atoms with E-state index in [9.17, 15) is 0 Å². The van der Waals surface area contributed by atoms with E-state index in [-0.39, 0.29) is 12.0 Å². The maximum Gasteiger partial charge on any atom is 0.135 e. The second kappa shape index (κ2) is 11.7. The van der Waals surface area contributed by atoms with Crippen molar-refractivity contribution < 1.29 is 4.74 Å². The first-order chi connectivity index (χ1) is 25.8. The van der Waals surface area contributed by atoms with E-state index >= 15 is 0 Å². The van der Waals surface area contributed by atoms with Crippen LogP contribution in [0.3, 0.4) is 0 Å². The highest BCUT2D eigenvalue weighted by atomic mass is 32.1. The molecule has 0 N–H and O–H groups in total. The van der Waals surface area contributed by atoms with Gasteiger partial charge in [0.2, 0.25) is 0 Å². The van der Waals surface area contributed by atoms with Gasteiger partial charge in [-0.05, 0) is 105 Å². The van der Waals surface area contributed by atoms with Gasteiger partial charge in [0.05, 0.1) is 0 Å². The van der Waals surface area contributed by atoms with Crippen molar-refractivity contribution >= 4 is 60.0 Å². The normalized spacial score (nSPS) is 16.3. The predicted octanol–water partition coefficient (Wildman–Crippen LogP) is 13.9. The number of ether oxygens (including phenoxy) is 1. The Bertz CT molecular complexity index is 2820. The van der Waals surface area contributed by atoms with E-state index in [2.05, 4.69) is 181 Å². The van der Waals surface area contributed by atoms with Crippen LogP contribution in [-0.4, -0.2) is 6.10 Å². The zero-order valence-corrected chi connectivity index (χ0v) is 29.1. The Balaban J connectivity index is 1.13. The average Bonchev–Trinajstić information content (AvgIpc) is 3.88. The van der Waals surface area contributed by atoms with E-state index in [1.165, 1.54) is 93.2 Å². The van der Waals surface area contributed by atoms with E-state index in [1.54, 1.807) is 11.3 Å². The van der Waals surface area contributed by atoms with Crippen molar-refractivity contribution in [3.05, 3.63) is 192 Å². The van der Waals surface area contributed by atoms with Crippen LogP contribution in [0, 0.1) is 0 Å². The minimum Gasteiger partial charge on any atom is -0.484 e. The summed E-state index contributed by atoms with van der Waals surface area (Å²) in [5.41, 5.74) is 11.4. The molecule has 244 valence electrons. The molecular formula is C50H32OS. The number of allylic oxidation sites excluding steroid dienone is 2. The summed E-state index contributed by atoms with van der Waals surface area (Å²) in [5.74, 6) is 1.03. The lowest BCUT2D eigenvalue weighted by Crippen LogP contribution is -2.22. The molecule has 1 aliphatic carbocycles. The zero-order chi connectivity index (χ0) is 34.2. The van der Waals surface area contributed by atoms with Crippen LogP contribution in [0.1, 0.15) is 17.0 Å². The number of benzene rings is 8. The second-order valence-corrected chi connectivity index (χ2v) is 14.6. The smallest absolute Gasteiger partial charge is 0.135 e. The number of hydrogen-bond donors (Lipinski definition) is 0. The van der Waals surface area contributed by atoms with Gasteiger partial charge in [-0.2, -0.15) is 11.3 Å². The van der Waals surface area contributed by atoms with E-state index in [4.69, 9.17) is 4.74 Å². The molecule has 0 bridgehead atoms. The number of thiophene rings is 1. The highest BCUT2D eigenvalue weighted by Crippen LogP contribution is 2.54. The van der Waals surface area contributed by atoms with Crippen molar-refractivity contribution in [3.63, 3.8) is 0 Å². The summed E-state index contributed by atoms with van der Waals surface area (Å²) < 4.78 is 7.14. The molecule has 2 unspecified atom stereocenters. The summed E-state index contributed by atoms with van der Waals surface area (Å²) in [6, 6.07) is 55.4. The Labute approximate surface area is 306 Å². The van der Waals surface area contributed by atoms with Crippen LogP contribution in [0.15, 0.2) is 181 Å². The van der Waals surface area contributed by atoms with Crippen molar-refractivity contribution in [3.8, 4) is 39.1 Å². The van der Waals surface area contributed by atoms with Crippen molar-refractivity contribution in [2.24, 2.45) is 0 Å². The van der Waals surface area contributed by atoms with E-state index in [1.807, 2.05) is 0 Å². The van der Waals surface area contributed by atoms with Gasteiger partial charge >= 0.3 is 0 Å². The summed E-state index contributed by atoms with van der Waals surface area (Å²) >= 11 is 1.75. The molecule has 1 nitrogen and oxygen atoms in total. The Hall–Kier alpha value is -6.22. The van der Waals surface area contributed by atoms with Crippen molar-refractivity contribution in [2.75, 3.05) is 0 Å². The Morgan fingerprint density at radius 1 is 0.442 bits per heavy atom. The van der Waals surface area contributed by atoms with Gasteiger partial charge in [0.1, 0.15) is 11.9 Å². The summed E-state index contributed by atoms with van der Waals surface area (Å²) in [5, 5.41) is 14.6. The molecule has 2 aliphatic rings. The molecule has 8 aromatic carbocycles. The molecule has 0 saturated heterocycles. The highest BCUT2D eigenvalue weighted by molar-refractivity contribution is 7.08. The third-order valence-corrected chi connectivity index (χ3v) is 11.9. The predicted molar refractivity (Wildman–Crippen MR) is 221 cm³/mol. The largest absolute Gasteiger partial charge is 0.484 e. The molecule has 0 radical (unpaired) electrons. The fourth-order valence-electron chi connectivity index (χ4n) is 9.12. The maximum absolute atomic E-state index is 7.14. The maximum atomic E-state index is 7.14. The molecule has 1 aromatic heterocycles. The quantitative estimate of drug-likeness (QED) is 0.168. The highest BCUT2D eigenvalue weighted by Gasteiger charge is 2.40. The van der Waals surface area contributed by atoms with Crippen LogP contribution < -0.4 is 4.74 Å². The number of hydrogen-bond acceptors (Lipinski definition) is 2.